The second-order valence-corrected chi connectivity index (χ2v) is 6.03. The number of aliphatic hydroxyl groups is 4. The minimum Gasteiger partial charge on any atom is -0.463 e. The lowest BCUT2D eigenvalue weighted by Gasteiger charge is -2.16. The van der Waals surface area contributed by atoms with Crippen LogP contribution in [-0.2, 0) is 28.5 Å². The highest BCUT2D eigenvalue weighted by Crippen LogP contribution is 2.06. The maximum Gasteiger partial charge on any atom is 0.305 e. The van der Waals surface area contributed by atoms with E-state index in [1.807, 2.05) is 0 Å². The minimum absolute atomic E-state index is 0.00151. The van der Waals surface area contributed by atoms with Gasteiger partial charge < -0.3 is 39.4 Å². The molecule has 10 heteroatoms. The van der Waals surface area contributed by atoms with E-state index < -0.39 is 24.1 Å². The SMILES string of the molecule is O=C(CCCCC(=O)OCC(CCO)OCCO)OCC(CCO)OCCO. The lowest BCUT2D eigenvalue weighted by Crippen LogP contribution is -2.25. The van der Waals surface area contributed by atoms with Crippen molar-refractivity contribution in [2.75, 3.05) is 52.9 Å². The van der Waals surface area contributed by atoms with Crippen molar-refractivity contribution in [3.05, 3.63) is 0 Å². The van der Waals surface area contributed by atoms with Gasteiger partial charge in [0.15, 0.2) is 0 Å². The number of unbranched alkanes of at least 4 members (excludes halogenated alkanes) is 1. The fourth-order valence-corrected chi connectivity index (χ4v) is 2.21. The minimum atomic E-state index is -0.462. The molecule has 0 aliphatic carbocycles. The van der Waals surface area contributed by atoms with Gasteiger partial charge in [-0.15, -0.1) is 0 Å². The summed E-state index contributed by atoms with van der Waals surface area (Å²) < 4.78 is 20.6. The van der Waals surface area contributed by atoms with Crippen molar-refractivity contribution in [2.24, 2.45) is 0 Å². The van der Waals surface area contributed by atoms with Crippen LogP contribution in [0.2, 0.25) is 0 Å². The first-order valence-corrected chi connectivity index (χ1v) is 9.55. The summed E-state index contributed by atoms with van der Waals surface area (Å²) in [5.41, 5.74) is 0. The maximum atomic E-state index is 11.7. The summed E-state index contributed by atoms with van der Waals surface area (Å²) in [4.78, 5) is 23.4. The third-order valence-corrected chi connectivity index (χ3v) is 3.66. The highest BCUT2D eigenvalue weighted by Gasteiger charge is 2.14. The molecule has 4 N–H and O–H groups in total. The Morgan fingerprint density at radius 2 is 1.04 bits per heavy atom. The number of rotatable bonds is 19. The van der Waals surface area contributed by atoms with Gasteiger partial charge >= 0.3 is 11.9 Å². The predicted octanol–water partition coefficient (Wildman–Crippen LogP) is -0.847. The Morgan fingerprint density at radius 3 is 1.36 bits per heavy atom. The molecule has 0 heterocycles. The smallest absolute Gasteiger partial charge is 0.305 e. The molecule has 0 aliphatic rings. The van der Waals surface area contributed by atoms with E-state index in [4.69, 9.17) is 39.4 Å². The largest absolute Gasteiger partial charge is 0.463 e. The van der Waals surface area contributed by atoms with Gasteiger partial charge in [0.25, 0.3) is 0 Å². The molecule has 0 amide bonds. The Labute approximate surface area is 165 Å². The van der Waals surface area contributed by atoms with Crippen molar-refractivity contribution < 1.29 is 49.0 Å². The molecule has 0 aliphatic heterocycles. The van der Waals surface area contributed by atoms with E-state index in [0.717, 1.165) is 0 Å². The molecular formula is C18H34O10. The molecule has 166 valence electrons. The number of carbonyl (C=O) groups is 2. The Morgan fingerprint density at radius 1 is 0.643 bits per heavy atom. The number of esters is 2. The van der Waals surface area contributed by atoms with Gasteiger partial charge in [-0.2, -0.15) is 0 Å². The highest BCUT2D eigenvalue weighted by molar-refractivity contribution is 5.70. The lowest BCUT2D eigenvalue weighted by atomic mass is 10.2. The van der Waals surface area contributed by atoms with Crippen LogP contribution in [0.3, 0.4) is 0 Å². The summed E-state index contributed by atoms with van der Waals surface area (Å²) in [6.45, 7) is -0.313. The summed E-state index contributed by atoms with van der Waals surface area (Å²) in [6.07, 6.45) is 0.884. The third kappa shape index (κ3) is 15.7. The highest BCUT2D eigenvalue weighted by atomic mass is 16.6. The van der Waals surface area contributed by atoms with Crippen LogP contribution >= 0.6 is 0 Å². The van der Waals surface area contributed by atoms with Crippen molar-refractivity contribution in [2.45, 2.75) is 50.7 Å². The summed E-state index contributed by atoms with van der Waals surface area (Å²) >= 11 is 0. The quantitative estimate of drug-likeness (QED) is 0.156. The number of aliphatic hydroxyl groups excluding tert-OH is 4. The number of hydrogen-bond donors (Lipinski definition) is 4. The number of hydrogen-bond acceptors (Lipinski definition) is 10. The van der Waals surface area contributed by atoms with Crippen LogP contribution in [0.1, 0.15) is 38.5 Å². The molecular weight excluding hydrogens is 376 g/mol. The van der Waals surface area contributed by atoms with Gasteiger partial charge in [-0.1, -0.05) is 0 Å². The third-order valence-electron chi connectivity index (χ3n) is 3.66. The average Bonchev–Trinajstić information content (AvgIpc) is 2.69. The Hall–Kier alpha value is -1.30. The molecule has 0 fully saturated rings. The van der Waals surface area contributed by atoms with Gasteiger partial charge in [-0.3, -0.25) is 9.59 Å². The Bertz CT molecular complexity index is 355. The molecule has 0 aromatic carbocycles. The van der Waals surface area contributed by atoms with Crippen molar-refractivity contribution in [3.63, 3.8) is 0 Å². The summed E-state index contributed by atoms with van der Waals surface area (Å²) in [5.74, 6) is -0.853. The zero-order valence-electron chi connectivity index (χ0n) is 16.3. The molecule has 0 bridgehead atoms. The van der Waals surface area contributed by atoms with Gasteiger partial charge in [0, 0.05) is 26.1 Å². The van der Waals surface area contributed by atoms with Gasteiger partial charge in [0.1, 0.15) is 13.2 Å². The van der Waals surface area contributed by atoms with Crippen LogP contribution in [0, 0.1) is 0 Å². The first-order valence-electron chi connectivity index (χ1n) is 9.55. The van der Waals surface area contributed by atoms with Crippen LogP contribution in [0.15, 0.2) is 0 Å². The van der Waals surface area contributed by atoms with Crippen LogP contribution in [0.25, 0.3) is 0 Å². The van der Waals surface area contributed by atoms with Crippen LogP contribution in [-0.4, -0.2) is 97.4 Å². The molecule has 2 atom stereocenters. The van der Waals surface area contributed by atoms with Crippen LogP contribution < -0.4 is 0 Å². The van der Waals surface area contributed by atoms with Crippen LogP contribution in [0.4, 0.5) is 0 Å². The molecule has 2 unspecified atom stereocenters. The van der Waals surface area contributed by atoms with Crippen LogP contribution in [0.5, 0.6) is 0 Å². The van der Waals surface area contributed by atoms with E-state index in [9.17, 15) is 9.59 Å². The number of carbonyl (C=O) groups excluding carboxylic acids is 2. The van der Waals surface area contributed by atoms with Crippen molar-refractivity contribution in [1.82, 2.24) is 0 Å². The first kappa shape index (κ1) is 26.7. The molecule has 0 aromatic rings. The zero-order chi connectivity index (χ0) is 21.0. The Kier molecular flexibility index (Phi) is 18.2. The van der Waals surface area contributed by atoms with Gasteiger partial charge in [-0.05, 0) is 25.7 Å². The fraction of sp³-hybridized carbons (Fsp3) is 0.889. The van der Waals surface area contributed by atoms with E-state index in [2.05, 4.69) is 0 Å². The van der Waals surface area contributed by atoms with E-state index in [1.165, 1.54) is 0 Å². The van der Waals surface area contributed by atoms with E-state index in [-0.39, 0.29) is 65.7 Å². The molecule has 0 rings (SSSR count). The average molecular weight is 410 g/mol. The molecule has 28 heavy (non-hydrogen) atoms. The molecule has 0 saturated heterocycles. The van der Waals surface area contributed by atoms with Gasteiger partial charge in [-0.25, -0.2) is 0 Å². The van der Waals surface area contributed by atoms with E-state index in [0.29, 0.717) is 25.7 Å². The molecule has 10 nitrogen and oxygen atoms in total. The standard InChI is InChI=1S/C18H34O10/c19-7-5-15(25-11-9-21)13-27-17(23)3-1-2-4-18(24)28-14-16(6-8-20)26-12-10-22/h15-16,19-22H,1-14H2. The lowest BCUT2D eigenvalue weighted by molar-refractivity contribution is -0.150. The molecule has 0 radical (unpaired) electrons. The number of ether oxygens (including phenoxy) is 4. The maximum absolute atomic E-state index is 11.7. The molecule has 0 saturated carbocycles. The zero-order valence-corrected chi connectivity index (χ0v) is 16.3. The van der Waals surface area contributed by atoms with Gasteiger partial charge in [0.2, 0.25) is 0 Å². The van der Waals surface area contributed by atoms with Crippen molar-refractivity contribution >= 4 is 11.9 Å². The summed E-state index contributed by atoms with van der Waals surface area (Å²) in [5, 5.41) is 35.3. The van der Waals surface area contributed by atoms with E-state index >= 15 is 0 Å². The second kappa shape index (κ2) is 19.0. The second-order valence-electron chi connectivity index (χ2n) is 6.03. The van der Waals surface area contributed by atoms with Crippen molar-refractivity contribution in [1.29, 1.82) is 0 Å². The normalized spacial score (nSPS) is 13.1. The van der Waals surface area contributed by atoms with Crippen molar-refractivity contribution in [3.8, 4) is 0 Å². The topological polar surface area (TPSA) is 152 Å². The molecule has 0 spiro atoms. The van der Waals surface area contributed by atoms with E-state index in [1.54, 1.807) is 0 Å². The first-order chi connectivity index (χ1) is 13.6. The summed E-state index contributed by atoms with van der Waals surface area (Å²) in [7, 11) is 0. The van der Waals surface area contributed by atoms with Gasteiger partial charge in [0.05, 0.1) is 38.6 Å². The molecule has 0 aromatic heterocycles. The predicted molar refractivity (Wildman–Crippen MR) is 97.4 cm³/mol. The monoisotopic (exact) mass is 410 g/mol. The summed E-state index contributed by atoms with van der Waals surface area (Å²) in [6, 6.07) is 0. The Balaban J connectivity index is 3.85. The fourth-order valence-electron chi connectivity index (χ4n) is 2.21.